The van der Waals surface area contributed by atoms with Crippen molar-refractivity contribution in [2.24, 2.45) is 0 Å². The molecule has 5 aromatic rings. The molecular weight excluding hydrogens is 1080 g/mol. The van der Waals surface area contributed by atoms with Crippen LogP contribution in [0.4, 0.5) is 93.5 Å². The van der Waals surface area contributed by atoms with E-state index in [1.807, 2.05) is 6.07 Å². The third-order valence-corrected chi connectivity index (χ3v) is 15.9. The van der Waals surface area contributed by atoms with Gasteiger partial charge < -0.3 is 4.90 Å². The molecule has 22 heteroatoms. The second-order valence-electron chi connectivity index (χ2n) is 19.9. The largest absolute Gasteiger partial charge is 0.319 e. The molecule has 0 aromatic heterocycles. The molecule has 416 valence electrons. The highest BCUT2D eigenvalue weighted by Crippen LogP contribution is 2.79. The number of quaternary nitrogens is 1. The summed E-state index contributed by atoms with van der Waals surface area (Å²) in [7, 11) is 4.24. The van der Waals surface area contributed by atoms with Crippen molar-refractivity contribution >= 4 is 11.8 Å². The van der Waals surface area contributed by atoms with E-state index in [1.165, 1.54) is 10.6 Å². The van der Waals surface area contributed by atoms with Gasteiger partial charge in [0.2, 0.25) is 22.7 Å². The number of allylic oxidation sites excluding steroid dienone is 8. The molecule has 0 saturated carbocycles. The molecule has 0 heterocycles. The van der Waals surface area contributed by atoms with Crippen molar-refractivity contribution in [3.8, 4) is 0 Å². The summed E-state index contributed by atoms with van der Waals surface area (Å²) >= 11 is 0. The number of benzene rings is 5. The van der Waals surface area contributed by atoms with Crippen molar-refractivity contribution < 1.29 is 92.7 Å². The van der Waals surface area contributed by atoms with Gasteiger partial charge in [0.15, 0.2) is 30.8 Å². The first-order valence-corrected chi connectivity index (χ1v) is 23.8. The van der Waals surface area contributed by atoms with Crippen LogP contribution in [0.3, 0.4) is 0 Å². The summed E-state index contributed by atoms with van der Waals surface area (Å²) in [5.41, 5.74) is -61.3. The predicted octanol–water partition coefficient (Wildman–Crippen LogP) is 14.5. The number of nitrogens with one attached hydrogen (secondary N) is 1. The Kier molecular flexibility index (Phi) is 14.0. The van der Waals surface area contributed by atoms with Crippen LogP contribution in [0.15, 0.2) is 200 Å². The van der Waals surface area contributed by atoms with Crippen LogP contribution in [0.2, 0.25) is 0 Å². The Labute approximate surface area is 433 Å². The van der Waals surface area contributed by atoms with Gasteiger partial charge in [-0.15, -0.1) is 0 Å². The summed E-state index contributed by atoms with van der Waals surface area (Å²) in [5, 5.41) is 0. The highest BCUT2D eigenvalue weighted by molar-refractivity contribution is 6.93. The van der Waals surface area contributed by atoms with Crippen molar-refractivity contribution in [3.63, 3.8) is 0 Å². The summed E-state index contributed by atoms with van der Waals surface area (Å²) < 4.78 is 362. The second kappa shape index (κ2) is 18.9. The molecule has 4 aliphatic rings. The molecule has 9 rings (SSSR count). The lowest BCUT2D eigenvalue weighted by molar-refractivity contribution is -0.786. The molecule has 0 amide bonds. The molecule has 78 heavy (non-hydrogen) atoms. The van der Waals surface area contributed by atoms with Gasteiger partial charge in [0.25, 0.3) is 0 Å². The van der Waals surface area contributed by atoms with Gasteiger partial charge in [-0.25, -0.2) is 35.1 Å². The maximum absolute atomic E-state index is 20.6. The molecule has 5 aromatic carbocycles. The first-order valence-electron chi connectivity index (χ1n) is 23.8. The standard InChI is InChI=1S/C48H32BF20.C8H11N/c50-33-21-25-37(54,41(58,45(33,62)63)29-13-5-1-6-14-29)49(38(55)26-22-34(51)46(64,65)42(38,59)30-15-7-2-8-16-30,39(56)27-23-35(52)47(66,67)43(39,60)31-17-9-3-10-18-31)40(57)28-24-36(53)48(68,69)44(40,61)32-19-11-4-12-20-32;1-9(2)8-6-4-3-5-7-8/h1-28,33-36H;3-7H,1-2H3/q-1;/p+1. The van der Waals surface area contributed by atoms with E-state index in [4.69, 9.17) is 0 Å². The van der Waals surface area contributed by atoms with Crippen LogP contribution in [0.5, 0.6) is 0 Å². The zero-order chi connectivity index (χ0) is 57.6. The first kappa shape index (κ1) is 57.8. The van der Waals surface area contributed by atoms with Crippen molar-refractivity contribution in [1.82, 2.24) is 0 Å². The summed E-state index contributed by atoms with van der Waals surface area (Å²) in [6, 6.07) is 17.0. The fraction of sp³-hybridized carbons (Fsp3) is 0.321. The minimum absolute atomic E-state index is 0.0237. The molecule has 0 bridgehead atoms. The zero-order valence-corrected chi connectivity index (χ0v) is 40.5. The Morgan fingerprint density at radius 3 is 0.641 bits per heavy atom. The lowest BCUT2D eigenvalue weighted by Gasteiger charge is -2.76. The van der Waals surface area contributed by atoms with E-state index >= 15 is 87.8 Å². The fourth-order valence-electron chi connectivity index (χ4n) is 12.3. The van der Waals surface area contributed by atoms with E-state index in [0.29, 0.717) is 48.5 Å². The fourth-order valence-corrected chi connectivity index (χ4v) is 12.3. The Morgan fingerprint density at radius 1 is 0.295 bits per heavy atom. The van der Waals surface area contributed by atoms with E-state index in [0.717, 1.165) is 24.3 Å². The van der Waals surface area contributed by atoms with Crippen LogP contribution in [-0.2, 0) is 22.7 Å². The zero-order valence-electron chi connectivity index (χ0n) is 40.5. The molecule has 0 radical (unpaired) electrons. The quantitative estimate of drug-likeness (QED) is 0.0852. The van der Waals surface area contributed by atoms with E-state index in [1.54, 1.807) is 0 Å². The lowest BCUT2D eigenvalue weighted by atomic mass is 8.95. The van der Waals surface area contributed by atoms with Gasteiger partial charge in [-0.3, -0.25) is 17.6 Å². The highest BCUT2D eigenvalue weighted by Gasteiger charge is 2.98. The van der Waals surface area contributed by atoms with Crippen LogP contribution < -0.4 is 4.90 Å². The molecule has 12 atom stereocenters. The maximum Gasteiger partial charge on any atom is 0.319 e. The average Bonchev–Trinajstić information content (AvgIpc) is 1.61. The van der Waals surface area contributed by atoms with Crippen molar-refractivity contribution in [2.45, 2.75) is 93.3 Å². The Bertz CT molecular complexity index is 2710. The van der Waals surface area contributed by atoms with Crippen LogP contribution in [0.1, 0.15) is 22.3 Å². The number of halogens is 20. The molecule has 0 saturated heterocycles. The molecule has 4 aliphatic carbocycles. The van der Waals surface area contributed by atoms with Crippen LogP contribution in [0.25, 0.3) is 0 Å². The average molecular weight is 1120 g/mol. The van der Waals surface area contributed by atoms with Crippen LogP contribution >= 0.6 is 0 Å². The molecule has 1 N–H and O–H groups in total. The number of hydrogen-bond acceptors (Lipinski definition) is 0. The number of rotatable bonds is 9. The number of alkyl halides is 20. The third kappa shape index (κ3) is 6.94. The van der Waals surface area contributed by atoms with E-state index in [9.17, 15) is 0 Å². The molecular formula is C56H44BF20N. The SMILES string of the molecule is C[NH+](C)c1ccccc1.FC1C=CC(F)([B-](C2(F)C=CC(F)C(F)(F)C2(F)c2ccccc2)(C2(F)C=CC(F)C(F)(F)C2(F)c2ccccc2)C2(F)C=CC(F)C(F)(F)C2(F)c2ccccc2)C(F)(c2ccccc2)C1(F)F. The Balaban J connectivity index is 0.000000810. The van der Waals surface area contributed by atoms with Gasteiger partial charge in [0.05, 0.1) is 36.4 Å². The minimum atomic E-state index is -8.84. The smallest absolute Gasteiger partial charge is 0.307 e. The summed E-state index contributed by atoms with van der Waals surface area (Å²) in [5.74, 6) is -26.2. The van der Waals surface area contributed by atoms with Crippen LogP contribution in [0, 0.1) is 0 Å². The normalized spacial score (nSPS) is 37.9. The number of hydrogen-bond donors (Lipinski definition) is 1. The molecule has 12 unspecified atom stereocenters. The highest BCUT2D eigenvalue weighted by atomic mass is 19.3. The van der Waals surface area contributed by atoms with Crippen molar-refractivity contribution in [1.29, 1.82) is 0 Å². The lowest BCUT2D eigenvalue weighted by Crippen LogP contribution is -3.00. The summed E-state index contributed by atoms with van der Waals surface area (Å²) in [6.07, 6.45) is -35.4. The minimum Gasteiger partial charge on any atom is -0.307 e. The molecule has 0 spiro atoms. The summed E-state index contributed by atoms with van der Waals surface area (Å²) in [4.78, 5) is 1.37. The Morgan fingerprint density at radius 2 is 0.474 bits per heavy atom. The molecule has 1 nitrogen and oxygen atoms in total. The first-order chi connectivity index (χ1) is 36.2. The van der Waals surface area contributed by atoms with Crippen molar-refractivity contribution in [3.05, 3.63) is 223 Å². The maximum atomic E-state index is 20.6. The van der Waals surface area contributed by atoms with Crippen molar-refractivity contribution in [2.75, 3.05) is 14.1 Å². The Hall–Kier alpha value is -6.32. The topological polar surface area (TPSA) is 4.44 Å². The monoisotopic (exact) mass is 1120 g/mol. The third-order valence-electron chi connectivity index (χ3n) is 15.9. The van der Waals surface area contributed by atoms with E-state index < -0.39 is 170 Å². The number of para-hydroxylation sites is 1. The summed E-state index contributed by atoms with van der Waals surface area (Å²) in [6.45, 7) is 0. The van der Waals surface area contributed by atoms with E-state index in [2.05, 4.69) is 38.4 Å². The molecule has 0 fully saturated rings. The van der Waals surface area contributed by atoms with E-state index in [-0.39, 0.29) is 48.5 Å². The van der Waals surface area contributed by atoms with Gasteiger partial charge in [-0.1, -0.05) is 164 Å². The van der Waals surface area contributed by atoms with Crippen LogP contribution in [-0.4, -0.2) is 90.9 Å². The molecule has 0 aliphatic heterocycles. The predicted molar refractivity (Wildman–Crippen MR) is 253 cm³/mol. The van der Waals surface area contributed by atoms with Gasteiger partial charge in [0, 0.05) is 0 Å². The van der Waals surface area contributed by atoms with Gasteiger partial charge >= 0.3 is 23.7 Å². The van der Waals surface area contributed by atoms with Gasteiger partial charge in [-0.05, 0) is 58.7 Å². The second-order valence-corrected chi connectivity index (χ2v) is 19.9. The van der Waals surface area contributed by atoms with Gasteiger partial charge in [0.1, 0.15) is 5.69 Å². The van der Waals surface area contributed by atoms with Gasteiger partial charge in [-0.2, -0.15) is 35.1 Å².